The van der Waals surface area contributed by atoms with Crippen molar-refractivity contribution in [3.8, 4) is 0 Å². The van der Waals surface area contributed by atoms with Crippen molar-refractivity contribution in [3.63, 3.8) is 0 Å². The minimum absolute atomic E-state index is 0.0586. The molecule has 1 atom stereocenters. The number of nitrogens with one attached hydrogen (secondary N) is 2. The van der Waals surface area contributed by atoms with E-state index in [0.717, 1.165) is 5.56 Å². The van der Waals surface area contributed by atoms with Gasteiger partial charge < -0.3 is 10.6 Å². The predicted molar refractivity (Wildman–Crippen MR) is 138 cm³/mol. The molecule has 2 aromatic carbocycles. The van der Waals surface area contributed by atoms with Crippen LogP contribution < -0.4 is 15.5 Å². The lowest BCUT2D eigenvalue weighted by Gasteiger charge is -2.32. The van der Waals surface area contributed by atoms with Gasteiger partial charge >= 0.3 is 0 Å². The Kier molecular flexibility index (Phi) is 8.98. The molecule has 3 rings (SSSR count). The second-order valence-electron chi connectivity index (χ2n) is 8.48. The summed E-state index contributed by atoms with van der Waals surface area (Å²) in [6, 6.07) is 18.3. The zero-order valence-corrected chi connectivity index (χ0v) is 20.8. The molecular weight excluding hydrogens is 464 g/mol. The quantitative estimate of drug-likeness (QED) is 0.436. The van der Waals surface area contributed by atoms with Gasteiger partial charge in [0.1, 0.15) is 11.9 Å². The van der Waals surface area contributed by atoms with Gasteiger partial charge in [-0.2, -0.15) is 0 Å². The number of rotatable bonds is 9. The van der Waals surface area contributed by atoms with Gasteiger partial charge in [-0.15, -0.1) is 0 Å². The molecule has 0 bridgehead atoms. The predicted octanol–water partition coefficient (Wildman–Crippen LogP) is 5.06. The van der Waals surface area contributed by atoms with Gasteiger partial charge in [0.15, 0.2) is 0 Å². The van der Waals surface area contributed by atoms with Gasteiger partial charge in [-0.05, 0) is 62.7 Å². The van der Waals surface area contributed by atoms with Crippen LogP contribution in [-0.2, 0) is 14.4 Å². The smallest absolute Gasteiger partial charge is 0.248 e. The molecule has 0 spiro atoms. The topological polar surface area (TPSA) is 91.4 Å². The largest absolute Gasteiger partial charge is 0.352 e. The molecule has 0 aliphatic heterocycles. The Hall–Kier alpha value is -3.71. The number of carbonyl (C=O) groups excluding carboxylic acids is 3. The Labute approximate surface area is 210 Å². The van der Waals surface area contributed by atoms with Gasteiger partial charge in [0.05, 0.1) is 0 Å². The lowest BCUT2D eigenvalue weighted by Crippen LogP contribution is -2.46. The number of halogens is 1. The van der Waals surface area contributed by atoms with Crippen molar-refractivity contribution >= 4 is 40.8 Å². The Morgan fingerprint density at radius 1 is 0.943 bits per heavy atom. The second kappa shape index (κ2) is 12.1. The molecule has 7 nitrogen and oxygen atoms in total. The summed E-state index contributed by atoms with van der Waals surface area (Å²) < 4.78 is 0. The summed E-state index contributed by atoms with van der Waals surface area (Å²) in [5.74, 6) is -0.607. The number of aromatic nitrogens is 1. The van der Waals surface area contributed by atoms with Gasteiger partial charge in [0.2, 0.25) is 17.7 Å². The van der Waals surface area contributed by atoms with Crippen LogP contribution in [0.1, 0.15) is 43.9 Å². The molecule has 0 saturated carbocycles. The fourth-order valence-corrected chi connectivity index (χ4v) is 3.68. The van der Waals surface area contributed by atoms with Crippen LogP contribution in [0.15, 0.2) is 72.9 Å². The fraction of sp³-hybridized carbons (Fsp3) is 0.259. The number of aryl methyl sites for hydroxylation is 1. The van der Waals surface area contributed by atoms with Crippen LogP contribution in [0, 0.1) is 6.92 Å². The molecule has 0 radical (unpaired) electrons. The SMILES string of the molecule is Cc1ccc(N(C(=O)CCC(=O)Nc2ccccn2)C(C(=O)NC(C)C)c2ccc(Cl)cc2)cc1. The summed E-state index contributed by atoms with van der Waals surface area (Å²) in [5.41, 5.74) is 2.19. The van der Waals surface area contributed by atoms with E-state index in [0.29, 0.717) is 22.1 Å². The first-order valence-electron chi connectivity index (χ1n) is 11.4. The van der Waals surface area contributed by atoms with E-state index < -0.39 is 6.04 Å². The van der Waals surface area contributed by atoms with Crippen LogP contribution in [0.3, 0.4) is 0 Å². The second-order valence-corrected chi connectivity index (χ2v) is 8.92. The van der Waals surface area contributed by atoms with E-state index >= 15 is 0 Å². The van der Waals surface area contributed by atoms with Crippen molar-refractivity contribution in [2.75, 3.05) is 10.2 Å². The number of benzene rings is 2. The number of pyridine rings is 1. The monoisotopic (exact) mass is 492 g/mol. The van der Waals surface area contributed by atoms with E-state index in [-0.39, 0.29) is 36.6 Å². The molecule has 8 heteroatoms. The fourth-order valence-electron chi connectivity index (χ4n) is 3.55. The van der Waals surface area contributed by atoms with Gasteiger partial charge in [-0.1, -0.05) is 47.5 Å². The molecule has 182 valence electrons. The zero-order valence-electron chi connectivity index (χ0n) is 20.0. The van der Waals surface area contributed by atoms with Crippen molar-refractivity contribution in [1.82, 2.24) is 10.3 Å². The van der Waals surface area contributed by atoms with E-state index in [9.17, 15) is 14.4 Å². The molecule has 1 heterocycles. The minimum atomic E-state index is -0.941. The van der Waals surface area contributed by atoms with Crippen molar-refractivity contribution in [1.29, 1.82) is 0 Å². The molecule has 35 heavy (non-hydrogen) atoms. The summed E-state index contributed by atoms with van der Waals surface area (Å²) in [6.07, 6.45) is 1.42. The average Bonchev–Trinajstić information content (AvgIpc) is 2.82. The third kappa shape index (κ3) is 7.39. The number of amides is 3. The van der Waals surface area contributed by atoms with E-state index in [1.807, 2.05) is 32.9 Å². The van der Waals surface area contributed by atoms with Gasteiger partial charge in [0, 0.05) is 35.8 Å². The third-order valence-electron chi connectivity index (χ3n) is 5.20. The number of hydrogen-bond acceptors (Lipinski definition) is 4. The Morgan fingerprint density at radius 3 is 2.23 bits per heavy atom. The van der Waals surface area contributed by atoms with E-state index in [4.69, 9.17) is 11.6 Å². The van der Waals surface area contributed by atoms with E-state index in [2.05, 4.69) is 15.6 Å². The maximum Gasteiger partial charge on any atom is 0.248 e. The van der Waals surface area contributed by atoms with Crippen molar-refractivity contribution in [2.45, 2.75) is 45.7 Å². The molecule has 3 amide bonds. The lowest BCUT2D eigenvalue weighted by molar-refractivity contribution is -0.127. The minimum Gasteiger partial charge on any atom is -0.352 e. The van der Waals surface area contributed by atoms with Gasteiger partial charge in [-0.3, -0.25) is 19.3 Å². The first-order valence-corrected chi connectivity index (χ1v) is 11.8. The third-order valence-corrected chi connectivity index (χ3v) is 5.45. The maximum atomic E-state index is 13.6. The average molecular weight is 493 g/mol. The Bertz CT molecular complexity index is 1150. The van der Waals surface area contributed by atoms with Crippen molar-refractivity contribution in [2.24, 2.45) is 0 Å². The lowest BCUT2D eigenvalue weighted by atomic mass is 10.0. The Balaban J connectivity index is 1.92. The molecule has 0 fully saturated rings. The summed E-state index contributed by atoms with van der Waals surface area (Å²) in [5, 5.41) is 6.13. The number of carbonyl (C=O) groups is 3. The number of hydrogen-bond donors (Lipinski definition) is 2. The highest BCUT2D eigenvalue weighted by molar-refractivity contribution is 6.30. The van der Waals surface area contributed by atoms with E-state index in [1.165, 1.54) is 4.90 Å². The molecular formula is C27H29ClN4O3. The van der Waals surface area contributed by atoms with Crippen LogP contribution >= 0.6 is 11.6 Å². The first-order chi connectivity index (χ1) is 16.7. The summed E-state index contributed by atoms with van der Waals surface area (Å²) in [7, 11) is 0. The van der Waals surface area contributed by atoms with Crippen LogP contribution in [0.5, 0.6) is 0 Å². The van der Waals surface area contributed by atoms with Crippen LogP contribution in [0.2, 0.25) is 5.02 Å². The van der Waals surface area contributed by atoms with Gasteiger partial charge in [0.25, 0.3) is 0 Å². The maximum absolute atomic E-state index is 13.6. The highest BCUT2D eigenvalue weighted by Crippen LogP contribution is 2.30. The molecule has 1 unspecified atom stereocenters. The normalized spacial score (nSPS) is 11.6. The molecule has 2 N–H and O–H groups in total. The summed E-state index contributed by atoms with van der Waals surface area (Å²) in [6.45, 7) is 5.66. The highest BCUT2D eigenvalue weighted by Gasteiger charge is 2.33. The first kappa shape index (κ1) is 25.9. The van der Waals surface area contributed by atoms with Crippen molar-refractivity contribution in [3.05, 3.63) is 89.1 Å². The highest BCUT2D eigenvalue weighted by atomic mass is 35.5. The molecule has 0 aliphatic carbocycles. The molecule has 3 aromatic rings. The molecule has 1 aromatic heterocycles. The number of nitrogens with zero attached hydrogens (tertiary/aromatic N) is 2. The zero-order chi connectivity index (χ0) is 25.4. The number of anilines is 2. The summed E-state index contributed by atoms with van der Waals surface area (Å²) >= 11 is 6.08. The standard InChI is InChI=1S/C27H29ClN4O3/c1-18(2)30-27(35)26(20-9-11-21(28)12-10-20)32(22-13-7-19(3)8-14-22)25(34)16-15-24(33)31-23-6-4-5-17-29-23/h4-14,17-18,26H,15-16H2,1-3H3,(H,30,35)(H,29,31,33). The van der Waals surface area contributed by atoms with Crippen LogP contribution in [0.25, 0.3) is 0 Å². The summed E-state index contributed by atoms with van der Waals surface area (Å²) in [4.78, 5) is 44.9. The molecule has 0 aliphatic rings. The van der Waals surface area contributed by atoms with E-state index in [1.54, 1.807) is 60.8 Å². The Morgan fingerprint density at radius 2 is 1.63 bits per heavy atom. The van der Waals surface area contributed by atoms with Gasteiger partial charge in [-0.25, -0.2) is 4.98 Å². The molecule has 0 saturated heterocycles. The van der Waals surface area contributed by atoms with Crippen LogP contribution in [-0.4, -0.2) is 28.7 Å². The van der Waals surface area contributed by atoms with Crippen LogP contribution in [0.4, 0.5) is 11.5 Å². The van der Waals surface area contributed by atoms with Crippen molar-refractivity contribution < 1.29 is 14.4 Å².